The van der Waals surface area contributed by atoms with Gasteiger partial charge in [0.1, 0.15) is 0 Å². The number of anilines is 1. The summed E-state index contributed by atoms with van der Waals surface area (Å²) >= 11 is 5.89. The number of hydrogen-bond acceptors (Lipinski definition) is 4. The molecule has 0 aliphatic carbocycles. The van der Waals surface area contributed by atoms with Gasteiger partial charge in [0.15, 0.2) is 17.2 Å². The quantitative estimate of drug-likeness (QED) is 0.449. The molecule has 0 bridgehead atoms. The number of carbonyl (C=O) groups excluding carboxylic acids is 2. The van der Waals surface area contributed by atoms with Gasteiger partial charge in [-0.05, 0) is 36.4 Å². The van der Waals surface area contributed by atoms with E-state index in [4.69, 9.17) is 16.1 Å². The van der Waals surface area contributed by atoms with Crippen LogP contribution in [0.1, 0.15) is 26.4 Å². The number of para-hydroxylation sites is 1. The Bertz CT molecular complexity index is 1170. The molecule has 4 aromatic rings. The third-order valence-corrected chi connectivity index (χ3v) is 4.58. The van der Waals surface area contributed by atoms with E-state index in [2.05, 4.69) is 10.5 Å². The lowest BCUT2D eigenvalue weighted by Gasteiger charge is -2.09. The summed E-state index contributed by atoms with van der Waals surface area (Å²) in [6.45, 7) is 0. The van der Waals surface area contributed by atoms with E-state index in [-0.39, 0.29) is 11.5 Å². The Labute approximate surface area is 171 Å². The number of benzene rings is 3. The second-order valence-corrected chi connectivity index (χ2v) is 6.71. The Morgan fingerprint density at radius 2 is 1.55 bits per heavy atom. The Balaban J connectivity index is 1.57. The maximum absolute atomic E-state index is 12.8. The fourth-order valence-corrected chi connectivity index (χ4v) is 2.98. The van der Waals surface area contributed by atoms with Crippen molar-refractivity contribution in [3.8, 4) is 11.3 Å². The maximum atomic E-state index is 12.8. The lowest BCUT2D eigenvalue weighted by atomic mass is 10.0. The molecular weight excluding hydrogens is 388 g/mol. The van der Waals surface area contributed by atoms with Crippen molar-refractivity contribution in [2.24, 2.45) is 0 Å². The molecule has 1 heterocycles. The van der Waals surface area contributed by atoms with Crippen LogP contribution in [0.15, 0.2) is 89.5 Å². The predicted molar refractivity (Wildman–Crippen MR) is 111 cm³/mol. The van der Waals surface area contributed by atoms with E-state index in [1.165, 1.54) is 0 Å². The third-order valence-electron chi connectivity index (χ3n) is 4.33. The van der Waals surface area contributed by atoms with Gasteiger partial charge in [-0.15, -0.1) is 0 Å². The molecule has 0 unspecified atom stereocenters. The second kappa shape index (κ2) is 8.12. The van der Waals surface area contributed by atoms with E-state index in [0.29, 0.717) is 27.6 Å². The summed E-state index contributed by atoms with van der Waals surface area (Å²) in [5.74, 6) is -0.203. The number of amides is 1. The summed E-state index contributed by atoms with van der Waals surface area (Å²) in [5, 5.41) is 7.19. The van der Waals surface area contributed by atoms with Gasteiger partial charge in [0, 0.05) is 27.8 Å². The average Bonchev–Trinajstić information content (AvgIpc) is 3.25. The molecule has 0 aliphatic rings. The van der Waals surface area contributed by atoms with Crippen molar-refractivity contribution in [1.82, 2.24) is 5.16 Å². The van der Waals surface area contributed by atoms with Crippen LogP contribution in [0.4, 0.5) is 5.69 Å². The first-order valence-electron chi connectivity index (χ1n) is 8.84. The molecule has 0 fully saturated rings. The smallest absolute Gasteiger partial charge is 0.277 e. The van der Waals surface area contributed by atoms with E-state index in [9.17, 15) is 9.59 Å². The third kappa shape index (κ3) is 4.10. The Morgan fingerprint density at radius 1 is 0.862 bits per heavy atom. The molecule has 1 aromatic heterocycles. The highest BCUT2D eigenvalue weighted by Crippen LogP contribution is 2.24. The van der Waals surface area contributed by atoms with Crippen molar-refractivity contribution >= 4 is 29.0 Å². The first-order chi connectivity index (χ1) is 14.1. The first kappa shape index (κ1) is 18.7. The van der Waals surface area contributed by atoms with E-state index in [1.807, 2.05) is 6.07 Å². The summed E-state index contributed by atoms with van der Waals surface area (Å²) < 4.78 is 5.28. The SMILES string of the molecule is O=C(Nc1ccccc1C(=O)c1ccccc1)c1cc(-c2ccc(Cl)cc2)on1. The predicted octanol–water partition coefficient (Wildman–Crippen LogP) is 5.48. The Morgan fingerprint density at radius 3 is 2.31 bits per heavy atom. The molecule has 4 rings (SSSR count). The summed E-state index contributed by atoms with van der Waals surface area (Å²) in [6, 6.07) is 24.3. The van der Waals surface area contributed by atoms with Gasteiger partial charge in [-0.2, -0.15) is 0 Å². The second-order valence-electron chi connectivity index (χ2n) is 6.28. The number of ketones is 1. The average molecular weight is 403 g/mol. The number of hydrogen-bond donors (Lipinski definition) is 1. The molecule has 0 spiro atoms. The summed E-state index contributed by atoms with van der Waals surface area (Å²) in [5.41, 5.74) is 2.20. The van der Waals surface area contributed by atoms with E-state index in [0.717, 1.165) is 5.56 Å². The molecule has 6 heteroatoms. The van der Waals surface area contributed by atoms with E-state index in [1.54, 1.807) is 78.9 Å². The minimum absolute atomic E-state index is 0.108. The van der Waals surface area contributed by atoms with Crippen LogP contribution < -0.4 is 5.32 Å². The standard InChI is InChI=1S/C23H15ClN2O3/c24-17-12-10-15(11-13-17)21-14-20(26-29-21)23(28)25-19-9-5-4-8-18(19)22(27)16-6-2-1-3-7-16/h1-14H,(H,25,28). The highest BCUT2D eigenvalue weighted by Gasteiger charge is 2.18. The highest BCUT2D eigenvalue weighted by molar-refractivity contribution is 6.30. The molecule has 29 heavy (non-hydrogen) atoms. The van der Waals surface area contributed by atoms with Gasteiger partial charge in [0.05, 0.1) is 5.69 Å². The lowest BCUT2D eigenvalue weighted by molar-refractivity contribution is 0.101. The van der Waals surface area contributed by atoms with Gasteiger partial charge in [0.2, 0.25) is 0 Å². The summed E-state index contributed by atoms with van der Waals surface area (Å²) in [4.78, 5) is 25.5. The number of aromatic nitrogens is 1. The van der Waals surface area contributed by atoms with Crippen molar-refractivity contribution in [2.75, 3.05) is 5.32 Å². The topological polar surface area (TPSA) is 72.2 Å². The van der Waals surface area contributed by atoms with Crippen LogP contribution in [0.2, 0.25) is 5.02 Å². The van der Waals surface area contributed by atoms with Gasteiger partial charge in [0.25, 0.3) is 5.91 Å². The van der Waals surface area contributed by atoms with Crippen molar-refractivity contribution in [3.63, 3.8) is 0 Å². The van der Waals surface area contributed by atoms with Crippen molar-refractivity contribution in [2.45, 2.75) is 0 Å². The molecule has 1 N–H and O–H groups in total. The zero-order valence-electron chi connectivity index (χ0n) is 15.1. The fourth-order valence-electron chi connectivity index (χ4n) is 2.85. The molecule has 1 amide bonds. The minimum atomic E-state index is -0.470. The minimum Gasteiger partial charge on any atom is -0.355 e. The lowest BCUT2D eigenvalue weighted by Crippen LogP contribution is -2.15. The Kier molecular flexibility index (Phi) is 5.22. The van der Waals surface area contributed by atoms with Gasteiger partial charge < -0.3 is 9.84 Å². The van der Waals surface area contributed by atoms with Crippen LogP contribution >= 0.6 is 11.6 Å². The van der Waals surface area contributed by atoms with Gasteiger partial charge in [-0.3, -0.25) is 9.59 Å². The molecular formula is C23H15ClN2O3. The number of nitrogens with zero attached hydrogens (tertiary/aromatic N) is 1. The van der Waals surface area contributed by atoms with Crippen molar-refractivity contribution in [1.29, 1.82) is 0 Å². The summed E-state index contributed by atoms with van der Waals surface area (Å²) in [6.07, 6.45) is 0. The van der Waals surface area contributed by atoms with E-state index < -0.39 is 5.91 Å². The monoisotopic (exact) mass is 402 g/mol. The number of halogens is 1. The molecule has 3 aromatic carbocycles. The number of nitrogens with one attached hydrogen (secondary N) is 1. The van der Waals surface area contributed by atoms with Crippen LogP contribution in [-0.2, 0) is 0 Å². The molecule has 142 valence electrons. The van der Waals surface area contributed by atoms with Gasteiger partial charge in [-0.1, -0.05) is 59.2 Å². The zero-order chi connectivity index (χ0) is 20.2. The molecule has 0 saturated carbocycles. The van der Waals surface area contributed by atoms with E-state index >= 15 is 0 Å². The summed E-state index contributed by atoms with van der Waals surface area (Å²) in [7, 11) is 0. The molecule has 0 saturated heterocycles. The van der Waals surface area contributed by atoms with Gasteiger partial charge >= 0.3 is 0 Å². The number of rotatable bonds is 5. The largest absolute Gasteiger partial charge is 0.355 e. The van der Waals surface area contributed by atoms with Crippen LogP contribution in [-0.4, -0.2) is 16.8 Å². The van der Waals surface area contributed by atoms with Crippen molar-refractivity contribution in [3.05, 3.63) is 107 Å². The fraction of sp³-hybridized carbons (Fsp3) is 0. The normalized spacial score (nSPS) is 10.5. The molecule has 5 nitrogen and oxygen atoms in total. The van der Waals surface area contributed by atoms with Gasteiger partial charge in [-0.25, -0.2) is 0 Å². The Hall–Kier alpha value is -3.70. The van der Waals surface area contributed by atoms with Crippen LogP contribution in [0.5, 0.6) is 0 Å². The first-order valence-corrected chi connectivity index (χ1v) is 9.22. The van der Waals surface area contributed by atoms with Crippen LogP contribution in [0.25, 0.3) is 11.3 Å². The molecule has 0 aliphatic heterocycles. The molecule has 0 radical (unpaired) electrons. The zero-order valence-corrected chi connectivity index (χ0v) is 15.9. The van der Waals surface area contributed by atoms with Crippen LogP contribution in [0, 0.1) is 0 Å². The van der Waals surface area contributed by atoms with Crippen molar-refractivity contribution < 1.29 is 14.1 Å². The maximum Gasteiger partial charge on any atom is 0.277 e. The molecule has 0 atom stereocenters. The van der Waals surface area contributed by atoms with Crippen LogP contribution in [0.3, 0.4) is 0 Å². The highest BCUT2D eigenvalue weighted by atomic mass is 35.5. The number of carbonyl (C=O) groups is 2.